The number of nitrogens with two attached hydrogens (primary N) is 1. The number of alkyl halides is 3. The average molecular weight is 476 g/mol. The van der Waals surface area contributed by atoms with Crippen molar-refractivity contribution in [3.8, 4) is 17.3 Å². The number of aromatic nitrogens is 4. The third-order valence-electron chi connectivity index (χ3n) is 4.39. The molecule has 1 amide bonds. The Hall–Kier alpha value is -4.55. The molecular formula is C21H13F5N6O2. The van der Waals surface area contributed by atoms with Gasteiger partial charge in [0, 0.05) is 30.2 Å². The van der Waals surface area contributed by atoms with Crippen LogP contribution < -0.4 is 15.8 Å². The highest BCUT2D eigenvalue weighted by atomic mass is 19.4. The number of nitrogens with zero attached hydrogens (tertiary/aromatic N) is 4. The molecule has 4 rings (SSSR count). The van der Waals surface area contributed by atoms with Gasteiger partial charge in [-0.25, -0.2) is 23.4 Å². The maximum atomic E-state index is 14.5. The lowest BCUT2D eigenvalue weighted by Crippen LogP contribution is -2.21. The fourth-order valence-electron chi connectivity index (χ4n) is 2.96. The maximum Gasteiger partial charge on any atom is 0.434 e. The number of hydrogen-bond donors (Lipinski definition) is 2. The minimum atomic E-state index is -5.08. The fraction of sp³-hybridized carbons (Fsp3) is 0.0476. The molecule has 8 nitrogen and oxygen atoms in total. The molecule has 0 saturated carbocycles. The second kappa shape index (κ2) is 8.77. The first-order chi connectivity index (χ1) is 16.1. The quantitative estimate of drug-likeness (QED) is 0.408. The summed E-state index contributed by atoms with van der Waals surface area (Å²) in [6.07, 6.45) is -2.03. The summed E-state index contributed by atoms with van der Waals surface area (Å²) < 4.78 is 75.2. The van der Waals surface area contributed by atoms with Crippen LogP contribution in [0.5, 0.6) is 11.5 Å². The van der Waals surface area contributed by atoms with Crippen LogP contribution in [-0.4, -0.2) is 25.7 Å². The molecule has 0 bridgehead atoms. The van der Waals surface area contributed by atoms with Crippen LogP contribution in [0, 0.1) is 11.6 Å². The smallest absolute Gasteiger partial charge is 0.434 e. The zero-order chi connectivity index (χ0) is 24.5. The van der Waals surface area contributed by atoms with Crippen molar-refractivity contribution >= 4 is 17.4 Å². The zero-order valence-corrected chi connectivity index (χ0v) is 16.8. The summed E-state index contributed by atoms with van der Waals surface area (Å²) in [6, 6.07) is 8.12. The van der Waals surface area contributed by atoms with Gasteiger partial charge in [0.25, 0.3) is 5.91 Å². The van der Waals surface area contributed by atoms with E-state index in [1.165, 1.54) is 36.5 Å². The highest BCUT2D eigenvalue weighted by Gasteiger charge is 2.41. The summed E-state index contributed by atoms with van der Waals surface area (Å²) in [6.45, 7) is 0. The number of pyridine rings is 2. The molecule has 3 aromatic heterocycles. The Morgan fingerprint density at radius 1 is 1.03 bits per heavy atom. The lowest BCUT2D eigenvalue weighted by Gasteiger charge is -2.13. The summed E-state index contributed by atoms with van der Waals surface area (Å²) in [5, 5.41) is 5.65. The van der Waals surface area contributed by atoms with Crippen LogP contribution in [0.25, 0.3) is 5.82 Å². The lowest BCUT2D eigenvalue weighted by molar-refractivity contribution is -0.143. The Labute approximate surface area is 187 Å². The SMILES string of the molecule is Nc1cc(Oc2ccc(NC(=O)c3cnn(-c4ncccc4F)c3C(F)(F)F)cc2F)ccn1. The van der Waals surface area contributed by atoms with Crippen molar-refractivity contribution in [1.82, 2.24) is 19.7 Å². The Kier molecular flexibility index (Phi) is 5.84. The Morgan fingerprint density at radius 3 is 2.50 bits per heavy atom. The molecule has 0 aliphatic rings. The second-order valence-corrected chi connectivity index (χ2v) is 6.74. The number of hydrogen-bond acceptors (Lipinski definition) is 6. The Morgan fingerprint density at radius 2 is 1.82 bits per heavy atom. The largest absolute Gasteiger partial charge is 0.454 e. The number of rotatable bonds is 5. The van der Waals surface area contributed by atoms with E-state index < -0.39 is 40.8 Å². The molecule has 0 unspecified atom stereocenters. The molecule has 3 heterocycles. The lowest BCUT2D eigenvalue weighted by atomic mass is 10.2. The minimum Gasteiger partial charge on any atom is -0.454 e. The summed E-state index contributed by atoms with van der Waals surface area (Å²) in [5.74, 6) is -3.84. The average Bonchev–Trinajstić information content (AvgIpc) is 3.22. The van der Waals surface area contributed by atoms with Crippen LogP contribution in [0.4, 0.5) is 33.5 Å². The molecule has 0 fully saturated rings. The number of nitrogens with one attached hydrogen (secondary N) is 1. The van der Waals surface area contributed by atoms with E-state index in [0.717, 1.165) is 18.3 Å². The van der Waals surface area contributed by atoms with Crippen molar-refractivity contribution in [3.63, 3.8) is 0 Å². The van der Waals surface area contributed by atoms with Gasteiger partial charge in [0.15, 0.2) is 28.9 Å². The van der Waals surface area contributed by atoms with Gasteiger partial charge in [-0.05, 0) is 30.3 Å². The van der Waals surface area contributed by atoms with Crippen molar-refractivity contribution in [2.24, 2.45) is 0 Å². The highest BCUT2D eigenvalue weighted by molar-refractivity contribution is 6.05. The number of carbonyl (C=O) groups is 1. The first-order valence-corrected chi connectivity index (χ1v) is 9.40. The first-order valence-electron chi connectivity index (χ1n) is 9.40. The molecule has 0 saturated heterocycles. The fourth-order valence-corrected chi connectivity index (χ4v) is 2.96. The van der Waals surface area contributed by atoms with Crippen LogP contribution in [0.2, 0.25) is 0 Å². The van der Waals surface area contributed by atoms with E-state index in [0.29, 0.717) is 6.20 Å². The number of halogens is 5. The van der Waals surface area contributed by atoms with Gasteiger partial charge in [0.2, 0.25) is 0 Å². The first kappa shape index (κ1) is 22.6. The molecule has 34 heavy (non-hydrogen) atoms. The van der Waals surface area contributed by atoms with Crippen molar-refractivity contribution in [2.75, 3.05) is 11.1 Å². The highest BCUT2D eigenvalue weighted by Crippen LogP contribution is 2.34. The maximum absolute atomic E-state index is 14.5. The predicted octanol–water partition coefficient (Wildman–Crippen LogP) is 4.59. The third kappa shape index (κ3) is 4.62. The van der Waals surface area contributed by atoms with E-state index in [9.17, 15) is 26.7 Å². The normalized spacial score (nSPS) is 11.3. The van der Waals surface area contributed by atoms with Gasteiger partial charge < -0.3 is 15.8 Å². The molecular weight excluding hydrogens is 463 g/mol. The monoisotopic (exact) mass is 476 g/mol. The molecule has 3 N–H and O–H groups in total. The van der Waals surface area contributed by atoms with Crippen LogP contribution >= 0.6 is 0 Å². The van der Waals surface area contributed by atoms with Gasteiger partial charge in [-0.1, -0.05) is 0 Å². The standard InChI is InChI=1S/C21H13F5N6O2/c22-14-2-1-6-29-19(14)32-18(21(24,25)26)13(10-30-32)20(33)31-11-3-4-16(15(23)8-11)34-12-5-7-28-17(27)9-12/h1-10H,(H2,27,28)(H,31,33). The summed E-state index contributed by atoms with van der Waals surface area (Å²) in [5.41, 5.74) is 2.92. The number of ether oxygens (including phenoxy) is 1. The number of anilines is 2. The summed E-state index contributed by atoms with van der Waals surface area (Å²) >= 11 is 0. The molecule has 0 radical (unpaired) electrons. The van der Waals surface area contributed by atoms with E-state index in [1.807, 2.05) is 0 Å². The van der Waals surface area contributed by atoms with E-state index >= 15 is 0 Å². The number of carbonyl (C=O) groups excluding carboxylic acids is 1. The Bertz CT molecular complexity index is 1370. The minimum absolute atomic E-state index is 0.147. The van der Waals surface area contributed by atoms with Crippen molar-refractivity contribution in [1.29, 1.82) is 0 Å². The molecule has 4 aromatic rings. The summed E-state index contributed by atoms with van der Waals surface area (Å²) in [4.78, 5) is 19.9. The van der Waals surface area contributed by atoms with E-state index in [4.69, 9.17) is 10.5 Å². The van der Waals surface area contributed by atoms with Crippen molar-refractivity contribution in [3.05, 3.63) is 83.9 Å². The molecule has 1 aromatic carbocycles. The molecule has 0 spiro atoms. The third-order valence-corrected chi connectivity index (χ3v) is 4.39. The van der Waals surface area contributed by atoms with E-state index in [1.54, 1.807) is 0 Å². The van der Waals surface area contributed by atoms with Gasteiger partial charge >= 0.3 is 6.18 Å². The van der Waals surface area contributed by atoms with Crippen LogP contribution in [0.3, 0.4) is 0 Å². The Balaban J connectivity index is 1.61. The van der Waals surface area contributed by atoms with Crippen molar-refractivity contribution < 1.29 is 31.5 Å². The van der Waals surface area contributed by atoms with Gasteiger partial charge in [-0.2, -0.15) is 18.3 Å². The van der Waals surface area contributed by atoms with E-state index in [-0.39, 0.29) is 27.7 Å². The number of amides is 1. The molecule has 0 aliphatic carbocycles. The predicted molar refractivity (Wildman–Crippen MR) is 109 cm³/mol. The molecule has 13 heteroatoms. The van der Waals surface area contributed by atoms with Crippen molar-refractivity contribution in [2.45, 2.75) is 6.18 Å². The zero-order valence-electron chi connectivity index (χ0n) is 16.8. The van der Waals surface area contributed by atoms with Gasteiger partial charge in [0.05, 0.1) is 11.8 Å². The van der Waals surface area contributed by atoms with E-state index in [2.05, 4.69) is 20.4 Å². The summed E-state index contributed by atoms with van der Waals surface area (Å²) in [7, 11) is 0. The van der Waals surface area contributed by atoms with Gasteiger partial charge in [-0.3, -0.25) is 4.79 Å². The second-order valence-electron chi connectivity index (χ2n) is 6.74. The number of benzene rings is 1. The van der Waals surface area contributed by atoms with Crippen LogP contribution in [0.15, 0.2) is 61.1 Å². The topological polar surface area (TPSA) is 108 Å². The van der Waals surface area contributed by atoms with Crippen LogP contribution in [0.1, 0.15) is 16.1 Å². The molecule has 174 valence electrons. The van der Waals surface area contributed by atoms with Crippen LogP contribution in [-0.2, 0) is 6.18 Å². The number of nitrogen functional groups attached to an aromatic ring is 1. The van der Waals surface area contributed by atoms with Gasteiger partial charge in [-0.15, -0.1) is 0 Å². The molecule has 0 atom stereocenters. The molecule has 0 aliphatic heterocycles. The van der Waals surface area contributed by atoms with Gasteiger partial charge in [0.1, 0.15) is 11.6 Å².